The highest BCUT2D eigenvalue weighted by Gasteiger charge is 2.20. The molecule has 0 fully saturated rings. The Morgan fingerprint density at radius 2 is 1.16 bits per heavy atom. The minimum absolute atomic E-state index is 0.961. The summed E-state index contributed by atoms with van der Waals surface area (Å²) >= 11 is 0. The third-order valence-corrected chi connectivity index (χ3v) is 8.61. The Morgan fingerprint density at radius 1 is 0.465 bits per heavy atom. The molecule has 0 bridgehead atoms. The molecule has 0 radical (unpaired) electrons. The first-order chi connectivity index (χ1) is 21.3. The molecule has 43 heavy (non-hydrogen) atoms. The second-order valence-electron chi connectivity index (χ2n) is 11.0. The summed E-state index contributed by atoms with van der Waals surface area (Å²) in [5.74, 6) is 0. The molecule has 0 aliphatic heterocycles. The molecule has 0 amide bonds. The molecule has 3 heterocycles. The number of hydrogen-bond donors (Lipinski definition) is 0. The predicted molar refractivity (Wildman–Crippen MR) is 180 cm³/mol. The number of pyridine rings is 2. The Morgan fingerprint density at radius 3 is 2.00 bits per heavy atom. The molecule has 0 saturated heterocycles. The van der Waals surface area contributed by atoms with Gasteiger partial charge in [-0.2, -0.15) is 0 Å². The van der Waals surface area contributed by atoms with Crippen molar-refractivity contribution in [2.24, 2.45) is 0 Å². The molecule has 200 valence electrons. The molecular formula is C40H25N3. The summed E-state index contributed by atoms with van der Waals surface area (Å²) in [6.07, 6.45) is 1.85. The highest BCUT2D eigenvalue weighted by molar-refractivity contribution is 6.25. The Labute approximate surface area is 248 Å². The van der Waals surface area contributed by atoms with Crippen LogP contribution in [0.3, 0.4) is 0 Å². The van der Waals surface area contributed by atoms with Gasteiger partial charge in [-0.1, -0.05) is 103 Å². The van der Waals surface area contributed by atoms with E-state index in [-0.39, 0.29) is 0 Å². The number of nitrogens with zero attached hydrogens (tertiary/aromatic N) is 3. The molecule has 0 N–H and O–H groups in total. The molecule has 3 nitrogen and oxygen atoms in total. The van der Waals surface area contributed by atoms with Gasteiger partial charge >= 0.3 is 0 Å². The first-order valence-corrected chi connectivity index (χ1v) is 14.6. The van der Waals surface area contributed by atoms with Gasteiger partial charge in [-0.3, -0.25) is 4.98 Å². The molecule has 3 heteroatoms. The lowest BCUT2D eigenvalue weighted by atomic mass is 9.94. The van der Waals surface area contributed by atoms with Crippen LogP contribution in [0.15, 0.2) is 152 Å². The van der Waals surface area contributed by atoms with Crippen LogP contribution in [-0.2, 0) is 0 Å². The van der Waals surface area contributed by atoms with Gasteiger partial charge in [0.1, 0.15) is 0 Å². The second kappa shape index (κ2) is 9.37. The van der Waals surface area contributed by atoms with Crippen molar-refractivity contribution in [2.45, 2.75) is 0 Å². The van der Waals surface area contributed by atoms with E-state index in [9.17, 15) is 0 Å². The molecule has 6 aromatic carbocycles. The smallest absolute Gasteiger partial charge is 0.0795 e. The molecule has 0 spiro atoms. The maximum Gasteiger partial charge on any atom is 0.0795 e. The van der Waals surface area contributed by atoms with Crippen molar-refractivity contribution in [3.63, 3.8) is 0 Å². The summed E-state index contributed by atoms with van der Waals surface area (Å²) in [5, 5.41) is 8.47. The van der Waals surface area contributed by atoms with Crippen molar-refractivity contribution in [1.82, 2.24) is 14.5 Å². The zero-order valence-corrected chi connectivity index (χ0v) is 23.3. The lowest BCUT2D eigenvalue weighted by Crippen LogP contribution is -1.96. The Bertz CT molecular complexity index is 2510. The third kappa shape index (κ3) is 3.62. The summed E-state index contributed by atoms with van der Waals surface area (Å²) in [7, 11) is 0. The highest BCUT2D eigenvalue weighted by Crippen LogP contribution is 2.43. The van der Waals surface area contributed by atoms with Gasteiger partial charge in [0.05, 0.1) is 27.9 Å². The van der Waals surface area contributed by atoms with E-state index in [1.54, 1.807) is 0 Å². The highest BCUT2D eigenvalue weighted by atomic mass is 15.0. The van der Waals surface area contributed by atoms with E-state index in [0.717, 1.165) is 44.6 Å². The fourth-order valence-corrected chi connectivity index (χ4v) is 6.75. The van der Waals surface area contributed by atoms with Crippen molar-refractivity contribution in [1.29, 1.82) is 0 Å². The van der Waals surface area contributed by atoms with Crippen molar-refractivity contribution in [3.8, 4) is 28.2 Å². The van der Waals surface area contributed by atoms with Crippen LogP contribution in [0, 0.1) is 0 Å². The number of fused-ring (bicyclic) bond motifs is 8. The number of aromatic nitrogens is 3. The van der Waals surface area contributed by atoms with Crippen molar-refractivity contribution in [2.75, 3.05) is 0 Å². The summed E-state index contributed by atoms with van der Waals surface area (Å²) in [5.41, 5.74) is 8.63. The van der Waals surface area contributed by atoms with Crippen molar-refractivity contribution >= 4 is 54.3 Å². The lowest BCUT2D eigenvalue weighted by molar-refractivity contribution is 1.18. The van der Waals surface area contributed by atoms with E-state index < -0.39 is 0 Å². The van der Waals surface area contributed by atoms with Gasteiger partial charge in [0, 0.05) is 44.6 Å². The van der Waals surface area contributed by atoms with E-state index in [1.807, 2.05) is 18.3 Å². The quantitative estimate of drug-likeness (QED) is 0.206. The van der Waals surface area contributed by atoms with Gasteiger partial charge in [0.2, 0.25) is 0 Å². The monoisotopic (exact) mass is 547 g/mol. The third-order valence-electron chi connectivity index (χ3n) is 8.61. The molecule has 0 atom stereocenters. The van der Waals surface area contributed by atoms with Crippen LogP contribution < -0.4 is 0 Å². The van der Waals surface area contributed by atoms with Crippen LogP contribution in [0.1, 0.15) is 0 Å². The zero-order valence-electron chi connectivity index (χ0n) is 23.3. The second-order valence-corrected chi connectivity index (χ2v) is 11.0. The minimum Gasteiger partial charge on any atom is -0.309 e. The number of para-hydroxylation sites is 2. The number of rotatable bonds is 3. The Balaban J connectivity index is 1.43. The SMILES string of the molecule is c1ccc(-c2cccc(-n3c4ccccc4c4c5ccccc5c(-c5nc6ccccc6c6ccccc56)cc43)c2)nc1. The summed E-state index contributed by atoms with van der Waals surface area (Å²) in [6.45, 7) is 0. The maximum absolute atomic E-state index is 5.32. The van der Waals surface area contributed by atoms with Crippen LogP contribution in [0.2, 0.25) is 0 Å². The van der Waals surface area contributed by atoms with Crippen LogP contribution in [0.25, 0.3) is 82.5 Å². The molecular weight excluding hydrogens is 522 g/mol. The Hall–Kier alpha value is -5.80. The van der Waals surface area contributed by atoms with E-state index in [0.29, 0.717) is 0 Å². The van der Waals surface area contributed by atoms with E-state index >= 15 is 0 Å². The molecule has 3 aromatic heterocycles. The van der Waals surface area contributed by atoms with Crippen molar-refractivity contribution in [3.05, 3.63) is 152 Å². The number of benzene rings is 6. The Kier molecular flexibility index (Phi) is 5.20. The van der Waals surface area contributed by atoms with Crippen LogP contribution >= 0.6 is 0 Å². The molecule has 0 aliphatic carbocycles. The summed E-state index contributed by atoms with van der Waals surface area (Å²) < 4.78 is 2.40. The predicted octanol–water partition coefficient (Wildman–Crippen LogP) is 10.4. The molecule has 9 aromatic rings. The average Bonchev–Trinajstić information content (AvgIpc) is 3.42. The summed E-state index contributed by atoms with van der Waals surface area (Å²) in [6, 6.07) is 51.7. The van der Waals surface area contributed by atoms with Gasteiger partial charge < -0.3 is 4.57 Å². The molecule has 0 saturated carbocycles. The van der Waals surface area contributed by atoms with Gasteiger partial charge in [-0.25, -0.2) is 4.98 Å². The van der Waals surface area contributed by atoms with Gasteiger partial charge in [-0.05, 0) is 58.6 Å². The molecule has 9 rings (SSSR count). The van der Waals surface area contributed by atoms with E-state index in [1.165, 1.54) is 37.8 Å². The van der Waals surface area contributed by atoms with E-state index in [2.05, 4.69) is 143 Å². The zero-order chi connectivity index (χ0) is 28.3. The van der Waals surface area contributed by atoms with Gasteiger partial charge in [-0.15, -0.1) is 0 Å². The van der Waals surface area contributed by atoms with Crippen LogP contribution in [-0.4, -0.2) is 14.5 Å². The number of hydrogen-bond acceptors (Lipinski definition) is 2. The van der Waals surface area contributed by atoms with Crippen molar-refractivity contribution < 1.29 is 0 Å². The first-order valence-electron chi connectivity index (χ1n) is 14.6. The normalized spacial score (nSPS) is 11.7. The standard InChI is InChI=1S/C40H25N3/c1-3-17-31-29(15-1)34(40-32-18-4-2-14-28(32)30-16-5-7-21-36(30)42-40)25-38-39(31)33-19-6-8-22-37(33)43(38)27-13-11-12-26(24-27)35-20-9-10-23-41-35/h1-25H. The van der Waals surface area contributed by atoms with E-state index in [4.69, 9.17) is 4.98 Å². The molecule has 0 aliphatic rings. The minimum atomic E-state index is 0.961. The first kappa shape index (κ1) is 23.9. The fourth-order valence-electron chi connectivity index (χ4n) is 6.75. The molecule has 0 unspecified atom stereocenters. The van der Waals surface area contributed by atoms with Gasteiger partial charge in [0.25, 0.3) is 0 Å². The fraction of sp³-hybridized carbons (Fsp3) is 0. The van der Waals surface area contributed by atoms with Gasteiger partial charge in [0.15, 0.2) is 0 Å². The van der Waals surface area contributed by atoms with Crippen LogP contribution in [0.4, 0.5) is 0 Å². The summed E-state index contributed by atoms with van der Waals surface area (Å²) in [4.78, 5) is 9.95. The average molecular weight is 548 g/mol. The van der Waals surface area contributed by atoms with Crippen LogP contribution in [0.5, 0.6) is 0 Å². The maximum atomic E-state index is 5.32. The lowest BCUT2D eigenvalue weighted by Gasteiger charge is -2.15. The topological polar surface area (TPSA) is 30.7 Å². The largest absolute Gasteiger partial charge is 0.309 e.